The molecule has 0 aliphatic rings. The molecule has 0 bridgehead atoms. The van der Waals surface area contributed by atoms with Gasteiger partial charge in [0, 0.05) is 5.39 Å². The molecule has 1 atom stereocenters. The third-order valence-corrected chi connectivity index (χ3v) is 4.96. The van der Waals surface area contributed by atoms with Gasteiger partial charge in [0.05, 0.1) is 5.25 Å². The number of carbonyl (C=O) groups excluding carboxylic acids is 2. The number of thiophene rings is 1. The van der Waals surface area contributed by atoms with Gasteiger partial charge in [0.2, 0.25) is 5.91 Å². The monoisotopic (exact) mass is 310 g/mol. The number of urea groups is 1. The summed E-state index contributed by atoms with van der Waals surface area (Å²) in [5, 5.41) is 5.26. The van der Waals surface area contributed by atoms with E-state index in [1.54, 1.807) is 0 Å². The molecule has 0 aliphatic heterocycles. The molecule has 2 rings (SSSR count). The van der Waals surface area contributed by atoms with E-state index in [0.717, 1.165) is 15.2 Å². The molecule has 0 saturated heterocycles. The maximum absolute atomic E-state index is 12.0. The average Bonchev–Trinajstić information content (AvgIpc) is 2.83. The zero-order chi connectivity index (χ0) is 14.7. The zero-order valence-corrected chi connectivity index (χ0v) is 12.6. The highest BCUT2D eigenvalue weighted by Gasteiger charge is 2.26. The Kier molecular flexibility index (Phi) is 4.56. The molecule has 0 fully saturated rings. The second-order valence-electron chi connectivity index (χ2n) is 4.45. The number of nitrogens with zero attached hydrogens (tertiary/aromatic N) is 2. The number of hydrogen-bond donors (Lipinski definition) is 2. The van der Waals surface area contributed by atoms with Crippen molar-refractivity contribution in [1.82, 2.24) is 15.3 Å². The largest absolute Gasteiger partial charge is 0.351 e. The van der Waals surface area contributed by atoms with Gasteiger partial charge in [-0.15, -0.1) is 11.3 Å². The molecule has 3 N–H and O–H groups in total. The second-order valence-corrected chi connectivity index (χ2v) is 6.48. The summed E-state index contributed by atoms with van der Waals surface area (Å²) in [6, 6.07) is 1.08. The van der Waals surface area contributed by atoms with Crippen LogP contribution in [-0.2, 0) is 4.79 Å². The highest BCUT2D eigenvalue weighted by molar-refractivity contribution is 8.00. The Morgan fingerprint density at radius 3 is 2.80 bits per heavy atom. The highest BCUT2D eigenvalue weighted by atomic mass is 32.2. The van der Waals surface area contributed by atoms with E-state index in [1.165, 1.54) is 29.4 Å². The summed E-state index contributed by atoms with van der Waals surface area (Å²) >= 11 is 2.83. The van der Waals surface area contributed by atoms with Gasteiger partial charge >= 0.3 is 6.03 Å². The number of rotatable bonds is 4. The first-order valence-electron chi connectivity index (χ1n) is 5.94. The number of aromatic nitrogens is 2. The molecular weight excluding hydrogens is 296 g/mol. The van der Waals surface area contributed by atoms with E-state index in [-0.39, 0.29) is 5.92 Å². The Morgan fingerprint density at radius 1 is 1.40 bits per heavy atom. The topological polar surface area (TPSA) is 98.0 Å². The zero-order valence-electron chi connectivity index (χ0n) is 11.0. The number of nitrogens with one attached hydrogen (secondary N) is 1. The molecule has 0 radical (unpaired) electrons. The lowest BCUT2D eigenvalue weighted by molar-refractivity contribution is -0.120. The number of primary amides is 1. The van der Waals surface area contributed by atoms with Gasteiger partial charge in [-0.2, -0.15) is 0 Å². The van der Waals surface area contributed by atoms with E-state index in [0.29, 0.717) is 0 Å². The normalized spacial score (nSPS) is 12.6. The smallest absolute Gasteiger partial charge is 0.318 e. The van der Waals surface area contributed by atoms with Crippen molar-refractivity contribution in [3.8, 4) is 0 Å². The molecule has 106 valence electrons. The minimum Gasteiger partial charge on any atom is -0.351 e. The van der Waals surface area contributed by atoms with Crippen molar-refractivity contribution in [2.24, 2.45) is 11.7 Å². The Morgan fingerprint density at radius 2 is 2.15 bits per heavy atom. The maximum atomic E-state index is 12.0. The molecule has 8 heteroatoms. The quantitative estimate of drug-likeness (QED) is 0.665. The molecule has 0 spiro atoms. The van der Waals surface area contributed by atoms with E-state index < -0.39 is 17.2 Å². The lowest BCUT2D eigenvalue weighted by Crippen LogP contribution is -2.42. The fraction of sp³-hybridized carbons (Fsp3) is 0.333. The number of thioether (sulfide) groups is 1. The summed E-state index contributed by atoms with van der Waals surface area (Å²) in [4.78, 5) is 32.1. The molecule has 2 aromatic rings. The Balaban J connectivity index is 2.26. The summed E-state index contributed by atoms with van der Waals surface area (Å²) in [6.07, 6.45) is 1.48. The predicted octanol–water partition coefficient (Wildman–Crippen LogP) is 2.00. The van der Waals surface area contributed by atoms with Crippen molar-refractivity contribution in [3.63, 3.8) is 0 Å². The van der Waals surface area contributed by atoms with Crippen LogP contribution in [-0.4, -0.2) is 27.2 Å². The minimum atomic E-state index is -0.843. The molecule has 6 nitrogen and oxygen atoms in total. The number of hydrogen-bond acceptors (Lipinski definition) is 6. The number of carbonyl (C=O) groups is 2. The van der Waals surface area contributed by atoms with Gasteiger partial charge in [0.15, 0.2) is 0 Å². The predicted molar refractivity (Wildman–Crippen MR) is 79.6 cm³/mol. The lowest BCUT2D eigenvalue weighted by atomic mass is 10.1. The van der Waals surface area contributed by atoms with Gasteiger partial charge in [-0.25, -0.2) is 14.8 Å². The summed E-state index contributed by atoms with van der Waals surface area (Å²) in [7, 11) is 0. The first-order chi connectivity index (χ1) is 9.49. The standard InChI is InChI=1S/C12H14N4O2S2/c1-6(2)8(9(17)16-12(13)18)20-11-7-3-4-19-10(7)14-5-15-11/h3-6,8H,1-2H3,(H3,13,16,17,18)/t8-/m0/s1. The molecule has 3 amide bonds. The number of amides is 3. The van der Waals surface area contributed by atoms with E-state index in [1.807, 2.05) is 25.3 Å². The molecule has 0 saturated carbocycles. The van der Waals surface area contributed by atoms with Gasteiger partial charge in [-0.3, -0.25) is 10.1 Å². The maximum Gasteiger partial charge on any atom is 0.318 e. The molecule has 2 aromatic heterocycles. The van der Waals surface area contributed by atoms with Gasteiger partial charge in [-0.05, 0) is 17.4 Å². The van der Waals surface area contributed by atoms with Crippen molar-refractivity contribution < 1.29 is 9.59 Å². The Hall–Kier alpha value is -1.67. The Bertz CT molecular complexity index is 641. The number of nitrogens with two attached hydrogens (primary N) is 1. The van der Waals surface area contributed by atoms with Gasteiger partial charge in [0.25, 0.3) is 0 Å². The third-order valence-electron chi connectivity index (χ3n) is 2.57. The van der Waals surface area contributed by atoms with Crippen LogP contribution in [0.5, 0.6) is 0 Å². The summed E-state index contributed by atoms with van der Waals surface area (Å²) in [5.74, 6) is -0.373. The summed E-state index contributed by atoms with van der Waals surface area (Å²) in [6.45, 7) is 3.81. The molecule has 0 aromatic carbocycles. The van der Waals surface area contributed by atoms with E-state index in [4.69, 9.17) is 5.73 Å². The second kappa shape index (κ2) is 6.19. The van der Waals surface area contributed by atoms with E-state index in [2.05, 4.69) is 15.3 Å². The van der Waals surface area contributed by atoms with Crippen LogP contribution in [0.2, 0.25) is 0 Å². The fourth-order valence-corrected chi connectivity index (χ4v) is 3.54. The van der Waals surface area contributed by atoms with E-state index in [9.17, 15) is 9.59 Å². The van der Waals surface area contributed by atoms with Crippen molar-refractivity contribution in [3.05, 3.63) is 17.8 Å². The molecule has 20 heavy (non-hydrogen) atoms. The van der Waals surface area contributed by atoms with Crippen LogP contribution in [0.25, 0.3) is 10.2 Å². The van der Waals surface area contributed by atoms with Crippen LogP contribution >= 0.6 is 23.1 Å². The van der Waals surface area contributed by atoms with Crippen molar-refractivity contribution in [1.29, 1.82) is 0 Å². The first kappa shape index (κ1) is 14.7. The molecule has 0 aliphatic carbocycles. The van der Waals surface area contributed by atoms with Crippen molar-refractivity contribution in [2.45, 2.75) is 24.1 Å². The van der Waals surface area contributed by atoms with Gasteiger partial charge in [-0.1, -0.05) is 25.6 Å². The molecular formula is C12H14N4O2S2. The first-order valence-corrected chi connectivity index (χ1v) is 7.70. The summed E-state index contributed by atoms with van der Waals surface area (Å²) in [5.41, 5.74) is 4.99. The summed E-state index contributed by atoms with van der Waals surface area (Å²) < 4.78 is 0. The molecule has 2 heterocycles. The van der Waals surface area contributed by atoms with Crippen LogP contribution < -0.4 is 11.1 Å². The van der Waals surface area contributed by atoms with Crippen LogP contribution in [0, 0.1) is 5.92 Å². The van der Waals surface area contributed by atoms with Crippen molar-refractivity contribution in [2.75, 3.05) is 0 Å². The third kappa shape index (κ3) is 3.26. The van der Waals surface area contributed by atoms with E-state index >= 15 is 0 Å². The number of fused-ring (bicyclic) bond motifs is 1. The SMILES string of the molecule is CC(C)[C@H](Sc1ncnc2sccc12)C(=O)NC(N)=O. The van der Waals surface area contributed by atoms with Crippen LogP contribution in [0.1, 0.15) is 13.8 Å². The lowest BCUT2D eigenvalue weighted by Gasteiger charge is -2.18. The van der Waals surface area contributed by atoms with Gasteiger partial charge in [0.1, 0.15) is 16.2 Å². The van der Waals surface area contributed by atoms with Crippen molar-refractivity contribution >= 4 is 45.3 Å². The fourth-order valence-electron chi connectivity index (χ4n) is 1.67. The molecule has 0 unspecified atom stereocenters. The van der Waals surface area contributed by atoms with Crippen LogP contribution in [0.4, 0.5) is 4.79 Å². The number of imide groups is 1. The van der Waals surface area contributed by atoms with Crippen LogP contribution in [0.15, 0.2) is 22.8 Å². The van der Waals surface area contributed by atoms with Crippen LogP contribution in [0.3, 0.4) is 0 Å². The van der Waals surface area contributed by atoms with Gasteiger partial charge < -0.3 is 5.73 Å². The minimum absolute atomic E-state index is 0.0306. The average molecular weight is 310 g/mol. The highest BCUT2D eigenvalue weighted by Crippen LogP contribution is 2.33. The Labute approximate surface area is 124 Å².